The largest absolute Gasteiger partial charge is 0.497 e. The topological polar surface area (TPSA) is 66.0 Å². The second kappa shape index (κ2) is 11.3. The minimum absolute atomic E-state index is 0.221. The molecule has 0 aliphatic carbocycles. The zero-order valence-corrected chi connectivity index (χ0v) is 19.5. The Kier molecular flexibility index (Phi) is 8.45. The average Bonchev–Trinajstić information content (AvgIpc) is 3.06. The SMILES string of the molecule is CCOc1cc(/C=C2/SC(=S)NC2=O)cc(Cl)c1OCCCOc1ccc(OC)cc1. The number of benzene rings is 2. The van der Waals surface area contributed by atoms with Crippen molar-refractivity contribution in [2.24, 2.45) is 0 Å². The lowest BCUT2D eigenvalue weighted by molar-refractivity contribution is -0.115. The molecule has 0 saturated carbocycles. The molecule has 31 heavy (non-hydrogen) atoms. The van der Waals surface area contributed by atoms with Crippen molar-refractivity contribution in [2.75, 3.05) is 26.9 Å². The smallest absolute Gasteiger partial charge is 0.263 e. The van der Waals surface area contributed by atoms with Crippen LogP contribution in [0.2, 0.25) is 5.02 Å². The van der Waals surface area contributed by atoms with Crippen LogP contribution < -0.4 is 24.3 Å². The van der Waals surface area contributed by atoms with Crippen LogP contribution >= 0.6 is 35.6 Å². The van der Waals surface area contributed by atoms with Gasteiger partial charge in [0.2, 0.25) is 0 Å². The number of carbonyl (C=O) groups is 1. The molecule has 0 unspecified atom stereocenters. The first kappa shape index (κ1) is 23.2. The predicted molar refractivity (Wildman–Crippen MR) is 128 cm³/mol. The van der Waals surface area contributed by atoms with E-state index in [2.05, 4.69) is 5.32 Å². The Morgan fingerprint density at radius 3 is 2.45 bits per heavy atom. The highest BCUT2D eigenvalue weighted by molar-refractivity contribution is 8.26. The van der Waals surface area contributed by atoms with Crippen molar-refractivity contribution in [1.29, 1.82) is 0 Å². The third-order valence-electron chi connectivity index (χ3n) is 4.13. The third kappa shape index (κ3) is 6.53. The Hall–Kier alpha value is -2.42. The van der Waals surface area contributed by atoms with Gasteiger partial charge in [-0.2, -0.15) is 0 Å². The molecule has 3 rings (SSSR count). The third-order valence-corrected chi connectivity index (χ3v) is 5.58. The van der Waals surface area contributed by atoms with Gasteiger partial charge in [-0.1, -0.05) is 35.6 Å². The molecule has 2 aromatic rings. The Labute approximate surface area is 195 Å². The van der Waals surface area contributed by atoms with Crippen molar-refractivity contribution >= 4 is 51.9 Å². The van der Waals surface area contributed by atoms with Crippen LogP contribution in [-0.4, -0.2) is 37.2 Å². The Morgan fingerprint density at radius 1 is 1.10 bits per heavy atom. The highest BCUT2D eigenvalue weighted by Crippen LogP contribution is 2.38. The first-order chi connectivity index (χ1) is 15.0. The normalized spacial score (nSPS) is 14.5. The zero-order chi connectivity index (χ0) is 22.2. The first-order valence-electron chi connectivity index (χ1n) is 9.61. The predicted octanol–water partition coefficient (Wildman–Crippen LogP) is 5.08. The first-order valence-corrected chi connectivity index (χ1v) is 11.2. The number of thioether (sulfide) groups is 1. The summed E-state index contributed by atoms with van der Waals surface area (Å²) in [5.74, 6) is 2.31. The Balaban J connectivity index is 1.60. The number of amides is 1. The van der Waals surface area contributed by atoms with Gasteiger partial charge in [0.25, 0.3) is 5.91 Å². The number of thiocarbonyl (C=S) groups is 1. The summed E-state index contributed by atoms with van der Waals surface area (Å²) in [6, 6.07) is 10.9. The molecule has 0 aromatic heterocycles. The highest BCUT2D eigenvalue weighted by Gasteiger charge is 2.22. The molecule has 0 bridgehead atoms. The molecule has 1 N–H and O–H groups in total. The molecule has 1 fully saturated rings. The van der Waals surface area contributed by atoms with E-state index in [1.807, 2.05) is 31.2 Å². The second-order valence-electron chi connectivity index (χ2n) is 6.34. The van der Waals surface area contributed by atoms with Gasteiger partial charge in [-0.15, -0.1) is 0 Å². The van der Waals surface area contributed by atoms with E-state index in [4.69, 9.17) is 42.8 Å². The minimum Gasteiger partial charge on any atom is -0.497 e. The van der Waals surface area contributed by atoms with Crippen LogP contribution in [0.5, 0.6) is 23.0 Å². The number of methoxy groups -OCH3 is 1. The Morgan fingerprint density at radius 2 is 1.81 bits per heavy atom. The molecule has 0 atom stereocenters. The lowest BCUT2D eigenvalue weighted by atomic mass is 10.2. The van der Waals surface area contributed by atoms with Crippen molar-refractivity contribution in [3.05, 3.63) is 51.9 Å². The number of nitrogens with one attached hydrogen (secondary N) is 1. The lowest BCUT2D eigenvalue weighted by Crippen LogP contribution is -2.17. The van der Waals surface area contributed by atoms with Crippen molar-refractivity contribution in [1.82, 2.24) is 5.32 Å². The number of hydrogen-bond acceptors (Lipinski definition) is 7. The fourth-order valence-electron chi connectivity index (χ4n) is 2.74. The summed E-state index contributed by atoms with van der Waals surface area (Å²) in [4.78, 5) is 12.4. The summed E-state index contributed by atoms with van der Waals surface area (Å²) in [7, 11) is 1.62. The van der Waals surface area contributed by atoms with Gasteiger partial charge in [-0.25, -0.2) is 0 Å². The molecule has 2 aromatic carbocycles. The highest BCUT2D eigenvalue weighted by atomic mass is 35.5. The van der Waals surface area contributed by atoms with Crippen LogP contribution in [0.1, 0.15) is 18.9 Å². The van der Waals surface area contributed by atoms with E-state index in [0.717, 1.165) is 17.1 Å². The number of halogens is 1. The fraction of sp³-hybridized carbons (Fsp3) is 0.273. The van der Waals surface area contributed by atoms with E-state index in [-0.39, 0.29) is 5.91 Å². The van der Waals surface area contributed by atoms with Crippen molar-refractivity contribution in [3.8, 4) is 23.0 Å². The Bertz CT molecular complexity index is 979. The lowest BCUT2D eigenvalue weighted by Gasteiger charge is -2.15. The molecular formula is C22H22ClNO5S2. The van der Waals surface area contributed by atoms with Crippen LogP contribution in [0.25, 0.3) is 6.08 Å². The number of ether oxygens (including phenoxy) is 4. The van der Waals surface area contributed by atoms with Crippen LogP contribution in [0.3, 0.4) is 0 Å². The van der Waals surface area contributed by atoms with Crippen molar-refractivity contribution < 1.29 is 23.7 Å². The van der Waals surface area contributed by atoms with Gasteiger partial charge >= 0.3 is 0 Å². The molecule has 1 aliphatic heterocycles. The van der Waals surface area contributed by atoms with Crippen molar-refractivity contribution in [3.63, 3.8) is 0 Å². The zero-order valence-electron chi connectivity index (χ0n) is 17.1. The van der Waals surface area contributed by atoms with E-state index in [9.17, 15) is 4.79 Å². The minimum atomic E-state index is -0.221. The summed E-state index contributed by atoms with van der Waals surface area (Å²) < 4.78 is 22.8. The van der Waals surface area contributed by atoms with E-state index in [1.165, 1.54) is 11.8 Å². The van der Waals surface area contributed by atoms with Gasteiger partial charge in [-0.05, 0) is 55.0 Å². The van der Waals surface area contributed by atoms with Gasteiger partial charge in [-0.3, -0.25) is 4.79 Å². The maximum Gasteiger partial charge on any atom is 0.263 e. The summed E-state index contributed by atoms with van der Waals surface area (Å²) >= 11 is 12.7. The summed E-state index contributed by atoms with van der Waals surface area (Å²) in [6.07, 6.45) is 2.38. The van der Waals surface area contributed by atoms with E-state index in [1.54, 1.807) is 25.3 Å². The van der Waals surface area contributed by atoms with Crippen LogP contribution in [0.4, 0.5) is 0 Å². The number of carbonyl (C=O) groups excluding carboxylic acids is 1. The monoisotopic (exact) mass is 479 g/mol. The van der Waals surface area contributed by atoms with Gasteiger partial charge in [0.1, 0.15) is 15.8 Å². The van der Waals surface area contributed by atoms with Gasteiger partial charge < -0.3 is 24.3 Å². The van der Waals surface area contributed by atoms with Gasteiger partial charge in [0.15, 0.2) is 11.5 Å². The molecule has 164 valence electrons. The fourth-order valence-corrected chi connectivity index (χ4v) is 4.06. The second-order valence-corrected chi connectivity index (χ2v) is 8.47. The molecule has 9 heteroatoms. The number of hydrogen-bond donors (Lipinski definition) is 1. The quantitative estimate of drug-likeness (QED) is 0.289. The molecule has 1 saturated heterocycles. The molecular weight excluding hydrogens is 458 g/mol. The summed E-state index contributed by atoms with van der Waals surface area (Å²) in [5.41, 5.74) is 0.728. The molecule has 6 nitrogen and oxygen atoms in total. The molecule has 0 radical (unpaired) electrons. The van der Waals surface area contributed by atoms with Crippen molar-refractivity contribution in [2.45, 2.75) is 13.3 Å². The standard InChI is InChI=1S/C22H22ClNO5S2/c1-3-27-18-12-14(13-19-21(25)24-22(30)31-19)11-17(23)20(18)29-10-4-9-28-16-7-5-15(26-2)6-8-16/h5-8,11-13H,3-4,9-10H2,1-2H3,(H,24,25,30)/b19-13+. The van der Waals surface area contributed by atoms with Crippen LogP contribution in [-0.2, 0) is 4.79 Å². The molecule has 1 amide bonds. The number of rotatable bonds is 10. The molecule has 1 aliphatic rings. The van der Waals surface area contributed by atoms with E-state index >= 15 is 0 Å². The maximum atomic E-state index is 11.9. The van der Waals surface area contributed by atoms with E-state index in [0.29, 0.717) is 52.0 Å². The van der Waals surface area contributed by atoms with Crippen LogP contribution in [0, 0.1) is 0 Å². The molecule has 1 heterocycles. The van der Waals surface area contributed by atoms with Gasteiger partial charge in [0, 0.05) is 6.42 Å². The van der Waals surface area contributed by atoms with Crippen LogP contribution in [0.15, 0.2) is 41.3 Å². The van der Waals surface area contributed by atoms with Gasteiger partial charge in [0.05, 0.1) is 36.9 Å². The summed E-state index contributed by atoms with van der Waals surface area (Å²) in [6.45, 7) is 3.23. The van der Waals surface area contributed by atoms with E-state index < -0.39 is 0 Å². The maximum absolute atomic E-state index is 11.9. The summed E-state index contributed by atoms with van der Waals surface area (Å²) in [5, 5.41) is 2.99. The average molecular weight is 480 g/mol. The molecule has 0 spiro atoms.